The van der Waals surface area contributed by atoms with Gasteiger partial charge in [0.15, 0.2) is 0 Å². The second-order valence-corrected chi connectivity index (χ2v) is 13.9. The number of nitrogens with zero attached hydrogens (tertiary/aromatic N) is 1. The fourth-order valence-electron chi connectivity index (χ4n) is 6.32. The summed E-state index contributed by atoms with van der Waals surface area (Å²) in [5, 5.41) is 12.5. The van der Waals surface area contributed by atoms with E-state index in [9.17, 15) is 14.7 Å². The lowest BCUT2D eigenvalue weighted by molar-refractivity contribution is -0.139. The van der Waals surface area contributed by atoms with Gasteiger partial charge in [-0.15, -0.1) is 0 Å². The molecular formula is C35H52N2O3S2. The fraction of sp³-hybridized carbons (Fsp3) is 0.600. The van der Waals surface area contributed by atoms with E-state index in [4.69, 9.17) is 0 Å². The number of aliphatic carboxylic acids is 1. The molecular weight excluding hydrogens is 561 g/mol. The largest absolute Gasteiger partial charge is 0.480 e. The summed E-state index contributed by atoms with van der Waals surface area (Å²) in [4.78, 5) is 28.1. The molecule has 1 saturated heterocycles. The monoisotopic (exact) mass is 612 g/mol. The first-order valence-corrected chi connectivity index (χ1v) is 18.5. The Morgan fingerprint density at radius 2 is 1.76 bits per heavy atom. The smallest absolute Gasteiger partial charge is 0.326 e. The van der Waals surface area contributed by atoms with E-state index in [0.717, 1.165) is 34.9 Å². The third-order valence-corrected chi connectivity index (χ3v) is 10.1. The maximum Gasteiger partial charge on any atom is 0.326 e. The highest BCUT2D eigenvalue weighted by molar-refractivity contribution is 7.98. The number of amides is 1. The lowest BCUT2D eigenvalue weighted by Gasteiger charge is -2.32. The molecule has 0 bridgehead atoms. The summed E-state index contributed by atoms with van der Waals surface area (Å²) in [6, 6.07) is 14.5. The molecule has 2 N–H and O–H groups in total. The summed E-state index contributed by atoms with van der Waals surface area (Å²) < 4.78 is 0. The summed E-state index contributed by atoms with van der Waals surface area (Å²) >= 11 is 3.51. The maximum atomic E-state index is 13.5. The van der Waals surface area contributed by atoms with Gasteiger partial charge in [0.1, 0.15) is 6.04 Å². The lowest BCUT2D eigenvalue weighted by Crippen LogP contribution is -2.41. The highest BCUT2D eigenvalue weighted by Crippen LogP contribution is 2.35. The zero-order valence-corrected chi connectivity index (χ0v) is 28.0. The number of carboxylic acids is 1. The number of aryl methyl sites for hydroxylation is 1. The Balaban J connectivity index is 1.87. The number of carboxylic acid groups (broad SMARTS) is 1. The Morgan fingerprint density at radius 1 is 1.00 bits per heavy atom. The van der Waals surface area contributed by atoms with Gasteiger partial charge < -0.3 is 10.4 Å². The van der Waals surface area contributed by atoms with Gasteiger partial charge in [-0.3, -0.25) is 9.69 Å². The molecule has 232 valence electrons. The third-order valence-electron chi connectivity index (χ3n) is 8.70. The molecule has 4 atom stereocenters. The molecule has 7 heteroatoms. The summed E-state index contributed by atoms with van der Waals surface area (Å²) in [6.45, 7) is 7.63. The minimum Gasteiger partial charge on any atom is -0.480 e. The molecule has 3 unspecified atom stereocenters. The molecule has 1 amide bonds. The minimum atomic E-state index is -0.994. The van der Waals surface area contributed by atoms with Crippen molar-refractivity contribution in [3.63, 3.8) is 0 Å². The van der Waals surface area contributed by atoms with Crippen LogP contribution in [-0.4, -0.2) is 64.0 Å². The summed E-state index contributed by atoms with van der Waals surface area (Å²) in [6.07, 6.45) is 14.9. The van der Waals surface area contributed by atoms with Crippen molar-refractivity contribution in [1.29, 1.82) is 0 Å². The minimum absolute atomic E-state index is 0.329. The Hall–Kier alpha value is -1.96. The van der Waals surface area contributed by atoms with E-state index in [1.165, 1.54) is 56.9 Å². The molecule has 0 radical (unpaired) electrons. The van der Waals surface area contributed by atoms with Crippen molar-refractivity contribution in [3.05, 3.63) is 59.2 Å². The van der Waals surface area contributed by atoms with Crippen LogP contribution < -0.4 is 5.32 Å². The molecule has 42 heavy (non-hydrogen) atoms. The fourth-order valence-corrected chi connectivity index (χ4v) is 7.54. The van der Waals surface area contributed by atoms with E-state index in [-0.39, 0.29) is 5.91 Å². The van der Waals surface area contributed by atoms with Crippen LogP contribution in [0.3, 0.4) is 0 Å². The van der Waals surface area contributed by atoms with Crippen molar-refractivity contribution in [2.75, 3.05) is 24.0 Å². The van der Waals surface area contributed by atoms with Crippen LogP contribution in [0.2, 0.25) is 0 Å². The molecule has 1 heterocycles. The average molecular weight is 613 g/mol. The van der Waals surface area contributed by atoms with Gasteiger partial charge in [-0.2, -0.15) is 23.5 Å². The van der Waals surface area contributed by atoms with E-state index in [0.29, 0.717) is 29.8 Å². The van der Waals surface area contributed by atoms with E-state index >= 15 is 0 Å². The van der Waals surface area contributed by atoms with Crippen molar-refractivity contribution in [3.8, 4) is 11.1 Å². The van der Waals surface area contributed by atoms with Gasteiger partial charge in [0.2, 0.25) is 0 Å². The topological polar surface area (TPSA) is 69.6 Å². The number of carbonyl (C=O) groups excluding carboxylic acids is 1. The standard InChI is InChI=1S/C35H52N2O3S2/c1-6-7-8-9-12-25(2)21-28-16-17-29(24-42-5)37(28)23-27-15-18-31(32(22-27)30-14-11-10-13-26(30)3)34(38)36-33(35(39)40)19-20-41-4/h10-11,13-15,18,22,25,28-29,33H,6-9,12,16-17,19-21,23-24H2,1-5H3,(H,36,38)(H,39,40)/t25?,28?,29-,33?/m1/s1. The van der Waals surface area contributed by atoms with Crippen molar-refractivity contribution >= 4 is 35.4 Å². The summed E-state index contributed by atoms with van der Waals surface area (Å²) in [5.41, 5.74) is 4.72. The van der Waals surface area contributed by atoms with E-state index in [2.05, 4.69) is 61.5 Å². The number of carbonyl (C=O) groups is 2. The van der Waals surface area contributed by atoms with E-state index < -0.39 is 12.0 Å². The van der Waals surface area contributed by atoms with Gasteiger partial charge in [-0.1, -0.05) is 76.3 Å². The number of hydrogen-bond donors (Lipinski definition) is 2. The number of rotatable bonds is 18. The summed E-state index contributed by atoms with van der Waals surface area (Å²) in [5.74, 6) is 1.21. The van der Waals surface area contributed by atoms with Crippen molar-refractivity contribution in [1.82, 2.24) is 10.2 Å². The average Bonchev–Trinajstić information content (AvgIpc) is 3.33. The Morgan fingerprint density at radius 3 is 2.45 bits per heavy atom. The maximum absolute atomic E-state index is 13.5. The van der Waals surface area contributed by atoms with Gasteiger partial charge >= 0.3 is 5.97 Å². The number of nitrogens with one attached hydrogen (secondary N) is 1. The van der Waals surface area contributed by atoms with E-state index in [1.54, 1.807) is 11.8 Å². The predicted molar refractivity (Wildman–Crippen MR) is 182 cm³/mol. The highest BCUT2D eigenvalue weighted by Gasteiger charge is 2.34. The zero-order chi connectivity index (χ0) is 30.5. The lowest BCUT2D eigenvalue weighted by atomic mass is 9.92. The first-order chi connectivity index (χ1) is 20.3. The summed E-state index contributed by atoms with van der Waals surface area (Å²) in [7, 11) is 0. The predicted octanol–water partition coefficient (Wildman–Crippen LogP) is 8.29. The van der Waals surface area contributed by atoms with Gasteiger partial charge in [-0.25, -0.2) is 4.79 Å². The molecule has 5 nitrogen and oxygen atoms in total. The SMILES string of the molecule is CCCCCCC(C)CC1CC[C@H](CSC)N1Cc1ccc(C(=O)NC(CCSC)C(=O)O)c(-c2ccccc2C)c1. The first kappa shape index (κ1) is 34.5. The van der Waals surface area contributed by atoms with Crippen molar-refractivity contribution in [2.45, 2.75) is 103 Å². The van der Waals surface area contributed by atoms with Crippen LogP contribution in [0.5, 0.6) is 0 Å². The molecule has 1 aliphatic heterocycles. The van der Waals surface area contributed by atoms with Crippen molar-refractivity contribution < 1.29 is 14.7 Å². The van der Waals surface area contributed by atoms with E-state index in [1.807, 2.05) is 36.2 Å². The van der Waals surface area contributed by atoms with Crippen LogP contribution in [-0.2, 0) is 11.3 Å². The molecule has 0 spiro atoms. The Labute approximate surface area is 263 Å². The van der Waals surface area contributed by atoms with Crippen LogP contribution in [0.15, 0.2) is 42.5 Å². The van der Waals surface area contributed by atoms with Crippen LogP contribution in [0.1, 0.15) is 93.1 Å². The normalized spacial score (nSPS) is 18.6. The Kier molecular flexibility index (Phi) is 14.8. The molecule has 1 aliphatic rings. The zero-order valence-electron chi connectivity index (χ0n) is 26.4. The van der Waals surface area contributed by atoms with Gasteiger partial charge in [0, 0.05) is 29.9 Å². The number of benzene rings is 2. The molecule has 2 aromatic carbocycles. The second-order valence-electron chi connectivity index (χ2n) is 12.0. The Bertz CT molecular complexity index is 1140. The molecule has 0 saturated carbocycles. The number of thioether (sulfide) groups is 2. The third kappa shape index (κ3) is 10.1. The molecule has 1 fully saturated rings. The first-order valence-electron chi connectivity index (χ1n) is 15.7. The second kappa shape index (κ2) is 18.0. The molecule has 3 rings (SSSR count). The van der Waals surface area contributed by atoms with Crippen molar-refractivity contribution in [2.24, 2.45) is 5.92 Å². The van der Waals surface area contributed by atoms with Gasteiger partial charge in [0.05, 0.1) is 0 Å². The quantitative estimate of drug-likeness (QED) is 0.165. The number of unbranched alkanes of at least 4 members (excludes halogenated alkanes) is 3. The molecule has 2 aromatic rings. The van der Waals surface area contributed by atoms with Crippen LogP contribution in [0.25, 0.3) is 11.1 Å². The highest BCUT2D eigenvalue weighted by atomic mass is 32.2. The van der Waals surface area contributed by atoms with Gasteiger partial charge in [-0.05, 0) is 91.2 Å². The van der Waals surface area contributed by atoms with Gasteiger partial charge in [0.25, 0.3) is 5.91 Å². The molecule has 0 aliphatic carbocycles. The number of likely N-dealkylation sites (tertiary alicyclic amines) is 1. The number of hydrogen-bond acceptors (Lipinski definition) is 5. The van der Waals surface area contributed by atoms with Crippen LogP contribution in [0.4, 0.5) is 0 Å². The van der Waals surface area contributed by atoms with Crippen LogP contribution in [0, 0.1) is 12.8 Å². The molecule has 0 aromatic heterocycles. The van der Waals surface area contributed by atoms with Crippen LogP contribution >= 0.6 is 23.5 Å².